The maximum absolute atomic E-state index is 11.1. The number of methoxy groups -OCH3 is 1. The Labute approximate surface area is 184 Å². The number of hydrogen-bond donors (Lipinski definition) is 1. The van der Waals surface area contributed by atoms with Crippen molar-refractivity contribution in [2.75, 3.05) is 7.11 Å². The van der Waals surface area contributed by atoms with Crippen LogP contribution in [-0.4, -0.2) is 51.2 Å². The van der Waals surface area contributed by atoms with E-state index >= 15 is 0 Å². The molecule has 0 radical (unpaired) electrons. The summed E-state index contributed by atoms with van der Waals surface area (Å²) >= 11 is 0. The molecular weight excluding hydrogens is 398 g/mol. The molecule has 31 heavy (non-hydrogen) atoms. The van der Waals surface area contributed by atoms with E-state index in [2.05, 4.69) is 34.1 Å². The second kappa shape index (κ2) is 11.9. The zero-order chi connectivity index (χ0) is 22.9. The number of esters is 1. The van der Waals surface area contributed by atoms with Gasteiger partial charge in [0.15, 0.2) is 5.79 Å². The van der Waals surface area contributed by atoms with E-state index in [1.165, 1.54) is 7.11 Å². The molecule has 1 aromatic heterocycles. The Bertz CT molecular complexity index is 797. The second-order valence-electron chi connectivity index (χ2n) is 7.93. The second-order valence-corrected chi connectivity index (χ2v) is 7.93. The van der Waals surface area contributed by atoms with E-state index in [4.69, 9.17) is 9.47 Å². The van der Waals surface area contributed by atoms with Crippen molar-refractivity contribution in [3.8, 4) is 0 Å². The van der Waals surface area contributed by atoms with Gasteiger partial charge in [-0.3, -0.25) is 4.79 Å². The van der Waals surface area contributed by atoms with Crippen molar-refractivity contribution < 1.29 is 24.1 Å². The fraction of sp³-hybridized carbons (Fsp3) is 0.609. The van der Waals surface area contributed by atoms with Gasteiger partial charge in [-0.15, -0.1) is 5.10 Å². The summed E-state index contributed by atoms with van der Waals surface area (Å²) in [5.41, 5.74) is 1.21. The lowest BCUT2D eigenvalue weighted by Crippen LogP contribution is -2.21. The van der Waals surface area contributed by atoms with Crippen LogP contribution in [0.25, 0.3) is 6.08 Å². The Balaban J connectivity index is 2.04. The minimum atomic E-state index is -0.803. The molecule has 0 unspecified atom stereocenters. The van der Waals surface area contributed by atoms with E-state index in [0.717, 1.165) is 12.8 Å². The average molecular weight is 434 g/mol. The van der Waals surface area contributed by atoms with Crippen molar-refractivity contribution in [1.82, 2.24) is 15.0 Å². The summed E-state index contributed by atoms with van der Waals surface area (Å²) in [6.45, 7) is 5.91. The van der Waals surface area contributed by atoms with Gasteiger partial charge in [-0.1, -0.05) is 42.5 Å². The largest absolute Gasteiger partial charge is 0.469 e. The highest BCUT2D eigenvalue weighted by atomic mass is 16.7. The molecule has 172 valence electrons. The molecule has 1 saturated heterocycles. The third-order valence-electron chi connectivity index (χ3n) is 4.92. The molecule has 8 heteroatoms. The molecular formula is C23H35N3O5. The zero-order valence-electron chi connectivity index (χ0n) is 19.2. The van der Waals surface area contributed by atoms with Crippen LogP contribution in [0.4, 0.5) is 0 Å². The molecule has 1 aromatic rings. The molecule has 1 N–H and O–H groups in total. The molecule has 0 aromatic carbocycles. The normalized spacial score (nSPS) is 22.1. The molecule has 1 aliphatic rings. The Hall–Kier alpha value is -2.29. The first kappa shape index (κ1) is 25.0. The molecule has 1 aliphatic heterocycles. The van der Waals surface area contributed by atoms with Crippen LogP contribution in [0.15, 0.2) is 30.4 Å². The topological polar surface area (TPSA) is 95.7 Å². The van der Waals surface area contributed by atoms with E-state index in [9.17, 15) is 9.90 Å². The van der Waals surface area contributed by atoms with Gasteiger partial charge < -0.3 is 19.3 Å². The Kier molecular flexibility index (Phi) is 9.61. The maximum Gasteiger partial charge on any atom is 0.305 e. The van der Waals surface area contributed by atoms with Gasteiger partial charge in [0.2, 0.25) is 0 Å². The van der Waals surface area contributed by atoms with Crippen molar-refractivity contribution in [1.29, 1.82) is 0 Å². The van der Waals surface area contributed by atoms with Gasteiger partial charge >= 0.3 is 5.97 Å². The third kappa shape index (κ3) is 7.72. The van der Waals surface area contributed by atoms with Crippen LogP contribution >= 0.6 is 0 Å². The molecule has 1 fully saturated rings. The molecule has 0 saturated carbocycles. The molecule has 0 bridgehead atoms. The van der Waals surface area contributed by atoms with Gasteiger partial charge in [-0.05, 0) is 45.6 Å². The Morgan fingerprint density at radius 3 is 2.77 bits per heavy atom. The monoisotopic (exact) mass is 433 g/mol. The number of allylic oxidation sites excluding steroid dienone is 2. The number of carbonyl (C=O) groups is 1. The van der Waals surface area contributed by atoms with Crippen molar-refractivity contribution in [3.63, 3.8) is 0 Å². The summed E-state index contributed by atoms with van der Waals surface area (Å²) < 4.78 is 18.3. The highest BCUT2D eigenvalue weighted by molar-refractivity contribution is 5.69. The number of aryl methyl sites for hydroxylation is 1. The molecule has 2 heterocycles. The zero-order valence-corrected chi connectivity index (χ0v) is 19.2. The smallest absolute Gasteiger partial charge is 0.305 e. The van der Waals surface area contributed by atoms with Crippen molar-refractivity contribution >= 4 is 12.0 Å². The quantitative estimate of drug-likeness (QED) is 0.420. The van der Waals surface area contributed by atoms with Crippen LogP contribution in [0.2, 0.25) is 0 Å². The number of ether oxygens (including phenoxy) is 3. The van der Waals surface area contributed by atoms with E-state index in [1.807, 2.05) is 38.2 Å². The lowest BCUT2D eigenvalue weighted by molar-refractivity contribution is -0.142. The number of aliphatic hydroxyl groups excluding tert-OH is 1. The molecule has 0 spiro atoms. The first-order chi connectivity index (χ1) is 14.8. The first-order valence-electron chi connectivity index (χ1n) is 10.8. The van der Waals surface area contributed by atoms with E-state index in [0.29, 0.717) is 30.7 Å². The number of aliphatic hydroxyl groups is 1. The van der Waals surface area contributed by atoms with Crippen LogP contribution in [-0.2, 0) is 26.1 Å². The summed E-state index contributed by atoms with van der Waals surface area (Å²) in [6.07, 6.45) is 13.7. The van der Waals surface area contributed by atoms with E-state index in [-0.39, 0.29) is 18.2 Å². The van der Waals surface area contributed by atoms with Crippen molar-refractivity contribution in [2.45, 2.75) is 77.0 Å². The van der Waals surface area contributed by atoms with Crippen LogP contribution in [0.1, 0.15) is 70.4 Å². The lowest BCUT2D eigenvalue weighted by Gasteiger charge is -2.16. The highest BCUT2D eigenvalue weighted by Crippen LogP contribution is 2.31. The van der Waals surface area contributed by atoms with E-state index in [1.54, 1.807) is 11.7 Å². The van der Waals surface area contributed by atoms with Crippen LogP contribution in [0, 0.1) is 0 Å². The number of carbonyl (C=O) groups excluding carboxylic acids is 1. The van der Waals surface area contributed by atoms with Crippen LogP contribution in [0.3, 0.4) is 0 Å². The molecule has 0 aliphatic carbocycles. The maximum atomic E-state index is 11.1. The van der Waals surface area contributed by atoms with Gasteiger partial charge in [-0.25, -0.2) is 4.68 Å². The molecule has 8 nitrogen and oxygen atoms in total. The van der Waals surface area contributed by atoms with Crippen molar-refractivity contribution in [2.24, 2.45) is 7.05 Å². The summed E-state index contributed by atoms with van der Waals surface area (Å²) in [7, 11) is 3.15. The minimum absolute atomic E-state index is 0.0821. The lowest BCUT2D eigenvalue weighted by atomic mass is 10.1. The SMILES string of the molecule is CC/C=C\C[C@H]1OC(C)(C)O[C@H]1/C=C/c1c([C@@H](O)C/C=C\CCC(=O)OC)nnn1C. The standard InChI is InChI=1S/C23H35N3O5/c1-6-7-9-13-19-20(31-23(2,3)30-19)16-15-17-22(24-25-26(17)4)18(27)12-10-8-11-14-21(28)29-5/h7-10,15-16,18-20,27H,6,11-14H2,1-5H3/b9-7-,10-8-,16-15+/t18-,19+,20-/m0/s1. The number of aromatic nitrogens is 3. The van der Waals surface area contributed by atoms with Gasteiger partial charge in [0.1, 0.15) is 17.9 Å². The summed E-state index contributed by atoms with van der Waals surface area (Å²) in [5.74, 6) is -0.904. The molecule has 3 atom stereocenters. The molecule has 0 amide bonds. The van der Waals surface area contributed by atoms with Crippen molar-refractivity contribution in [3.05, 3.63) is 41.8 Å². The molecule has 2 rings (SSSR count). The number of rotatable bonds is 11. The fourth-order valence-electron chi connectivity index (χ4n) is 3.36. The minimum Gasteiger partial charge on any atom is -0.469 e. The fourth-order valence-corrected chi connectivity index (χ4v) is 3.36. The predicted octanol–water partition coefficient (Wildman–Crippen LogP) is 3.64. The number of hydrogen-bond acceptors (Lipinski definition) is 7. The summed E-state index contributed by atoms with van der Waals surface area (Å²) in [6, 6.07) is 0. The summed E-state index contributed by atoms with van der Waals surface area (Å²) in [4.78, 5) is 11.1. The Morgan fingerprint density at radius 1 is 1.29 bits per heavy atom. The average Bonchev–Trinajstić information content (AvgIpc) is 3.24. The van der Waals surface area contributed by atoms with Gasteiger partial charge in [0.25, 0.3) is 0 Å². The van der Waals surface area contributed by atoms with E-state index < -0.39 is 11.9 Å². The summed E-state index contributed by atoms with van der Waals surface area (Å²) in [5, 5.41) is 18.8. The van der Waals surface area contributed by atoms with Gasteiger partial charge in [-0.2, -0.15) is 0 Å². The van der Waals surface area contributed by atoms with Crippen LogP contribution in [0.5, 0.6) is 0 Å². The highest BCUT2D eigenvalue weighted by Gasteiger charge is 2.39. The first-order valence-corrected chi connectivity index (χ1v) is 10.8. The van der Waals surface area contributed by atoms with Gasteiger partial charge in [0, 0.05) is 13.5 Å². The number of nitrogens with zero attached hydrogens (tertiary/aromatic N) is 3. The van der Waals surface area contributed by atoms with Crippen LogP contribution < -0.4 is 0 Å². The Morgan fingerprint density at radius 2 is 2.06 bits per heavy atom. The van der Waals surface area contributed by atoms with Gasteiger partial charge in [0.05, 0.1) is 18.9 Å². The third-order valence-corrected chi connectivity index (χ3v) is 4.92. The predicted molar refractivity (Wildman–Crippen MR) is 118 cm³/mol.